The summed E-state index contributed by atoms with van der Waals surface area (Å²) < 4.78 is 13.9. The van der Waals surface area contributed by atoms with Gasteiger partial charge in [-0.05, 0) is 36.9 Å². The van der Waals surface area contributed by atoms with E-state index in [2.05, 4.69) is 10.5 Å². The molecule has 0 bridgehead atoms. The Kier molecular flexibility index (Phi) is 4.13. The van der Waals surface area contributed by atoms with Crippen LogP contribution >= 0.6 is 11.3 Å². The maximum Gasteiger partial charge on any atom is 0.262 e. The summed E-state index contributed by atoms with van der Waals surface area (Å²) in [4.78, 5) is 12.8. The fourth-order valence-electron chi connectivity index (χ4n) is 1.87. The molecule has 0 aliphatic carbocycles. The number of hydrogen-bond acceptors (Lipinski definition) is 4. The van der Waals surface area contributed by atoms with E-state index in [1.165, 1.54) is 23.5 Å². The molecule has 1 aromatic carbocycles. The van der Waals surface area contributed by atoms with E-state index in [1.807, 2.05) is 6.92 Å². The predicted octanol–water partition coefficient (Wildman–Crippen LogP) is 2.69. The highest BCUT2D eigenvalue weighted by atomic mass is 32.1. The smallest absolute Gasteiger partial charge is 0.262 e. The SMILES string of the molecule is CCC(C)(NC(=O)c1cc2ccc(F)cc2s1)/C(N)=N/O. The molecule has 4 N–H and O–H groups in total. The third-order valence-corrected chi connectivity index (χ3v) is 4.57. The summed E-state index contributed by atoms with van der Waals surface area (Å²) in [5.74, 6) is -0.746. The van der Waals surface area contributed by atoms with Crippen molar-refractivity contribution in [3.05, 3.63) is 35.0 Å². The lowest BCUT2D eigenvalue weighted by atomic mass is 9.97. The van der Waals surface area contributed by atoms with Crippen molar-refractivity contribution in [1.29, 1.82) is 0 Å². The van der Waals surface area contributed by atoms with Crippen molar-refractivity contribution in [1.82, 2.24) is 5.32 Å². The summed E-state index contributed by atoms with van der Waals surface area (Å²) in [6.07, 6.45) is 0.466. The molecule has 0 aliphatic heterocycles. The van der Waals surface area contributed by atoms with Gasteiger partial charge in [0.25, 0.3) is 5.91 Å². The van der Waals surface area contributed by atoms with Gasteiger partial charge < -0.3 is 16.3 Å². The Labute approximate surface area is 125 Å². The van der Waals surface area contributed by atoms with Crippen LogP contribution in [0.2, 0.25) is 0 Å². The first-order valence-corrected chi connectivity index (χ1v) is 7.21. The zero-order valence-corrected chi connectivity index (χ0v) is 12.5. The number of nitrogens with zero attached hydrogens (tertiary/aromatic N) is 1. The van der Waals surface area contributed by atoms with Gasteiger partial charge in [-0.25, -0.2) is 4.39 Å². The molecule has 2 aromatic rings. The molecule has 21 heavy (non-hydrogen) atoms. The fraction of sp³-hybridized carbons (Fsp3) is 0.286. The molecule has 0 spiro atoms. The van der Waals surface area contributed by atoms with Gasteiger partial charge in [0.2, 0.25) is 0 Å². The summed E-state index contributed by atoms with van der Waals surface area (Å²) >= 11 is 1.19. The first kappa shape index (κ1) is 15.2. The van der Waals surface area contributed by atoms with Crippen LogP contribution in [-0.2, 0) is 0 Å². The Morgan fingerprint density at radius 1 is 1.52 bits per heavy atom. The number of nitrogens with two attached hydrogens (primary N) is 1. The average molecular weight is 309 g/mol. The normalized spacial score (nSPS) is 14.9. The van der Waals surface area contributed by atoms with Gasteiger partial charge in [-0.2, -0.15) is 0 Å². The lowest BCUT2D eigenvalue weighted by molar-refractivity contribution is 0.0929. The van der Waals surface area contributed by atoms with E-state index in [9.17, 15) is 9.18 Å². The molecule has 0 aliphatic rings. The summed E-state index contributed by atoms with van der Waals surface area (Å²) in [7, 11) is 0. The molecule has 0 fully saturated rings. The minimum Gasteiger partial charge on any atom is -0.409 e. The van der Waals surface area contributed by atoms with E-state index in [0.717, 1.165) is 5.39 Å². The molecule has 1 unspecified atom stereocenters. The highest BCUT2D eigenvalue weighted by Gasteiger charge is 2.30. The monoisotopic (exact) mass is 309 g/mol. The lowest BCUT2D eigenvalue weighted by Gasteiger charge is -2.27. The van der Waals surface area contributed by atoms with Crippen molar-refractivity contribution in [2.45, 2.75) is 25.8 Å². The Balaban J connectivity index is 2.30. The molecule has 1 atom stereocenters. The number of thiophene rings is 1. The number of halogens is 1. The number of benzene rings is 1. The minimum absolute atomic E-state index is 0.0643. The summed E-state index contributed by atoms with van der Waals surface area (Å²) in [5.41, 5.74) is 4.69. The molecule has 7 heteroatoms. The zero-order valence-electron chi connectivity index (χ0n) is 11.7. The number of amidine groups is 1. The third-order valence-electron chi connectivity index (χ3n) is 3.48. The van der Waals surface area contributed by atoms with E-state index in [-0.39, 0.29) is 17.6 Å². The Bertz CT molecular complexity index is 713. The highest BCUT2D eigenvalue weighted by molar-refractivity contribution is 7.20. The number of oxime groups is 1. The van der Waals surface area contributed by atoms with Crippen LogP contribution in [0.15, 0.2) is 29.4 Å². The topological polar surface area (TPSA) is 87.7 Å². The maximum atomic E-state index is 13.2. The molecule has 5 nitrogen and oxygen atoms in total. The molecule has 2 rings (SSSR count). The molecular weight excluding hydrogens is 293 g/mol. The van der Waals surface area contributed by atoms with Crippen molar-refractivity contribution in [3.63, 3.8) is 0 Å². The van der Waals surface area contributed by atoms with Crippen LogP contribution in [0, 0.1) is 5.82 Å². The second-order valence-electron chi connectivity index (χ2n) is 4.92. The molecule has 0 radical (unpaired) electrons. The fourth-order valence-corrected chi connectivity index (χ4v) is 2.86. The first-order valence-electron chi connectivity index (χ1n) is 6.39. The molecule has 0 saturated carbocycles. The van der Waals surface area contributed by atoms with Gasteiger partial charge in [-0.1, -0.05) is 18.1 Å². The zero-order chi connectivity index (χ0) is 15.6. The molecule has 112 valence electrons. The average Bonchev–Trinajstić information content (AvgIpc) is 2.89. The minimum atomic E-state index is -0.937. The van der Waals surface area contributed by atoms with Gasteiger partial charge in [-0.15, -0.1) is 11.3 Å². The van der Waals surface area contributed by atoms with Crippen molar-refractivity contribution in [3.8, 4) is 0 Å². The predicted molar refractivity (Wildman–Crippen MR) is 81.4 cm³/mol. The van der Waals surface area contributed by atoms with Crippen LogP contribution in [0.5, 0.6) is 0 Å². The summed E-state index contributed by atoms with van der Waals surface area (Å²) in [6, 6.07) is 6.06. The molecule has 1 heterocycles. The number of fused-ring (bicyclic) bond motifs is 1. The van der Waals surface area contributed by atoms with Crippen LogP contribution < -0.4 is 11.1 Å². The van der Waals surface area contributed by atoms with Crippen LogP contribution in [-0.4, -0.2) is 22.5 Å². The lowest BCUT2D eigenvalue weighted by Crippen LogP contribution is -2.54. The molecule has 1 amide bonds. The number of amides is 1. The molecular formula is C14H16FN3O2S. The van der Waals surface area contributed by atoms with E-state index < -0.39 is 5.54 Å². The number of carbonyl (C=O) groups is 1. The van der Waals surface area contributed by atoms with Gasteiger partial charge in [-0.3, -0.25) is 4.79 Å². The van der Waals surface area contributed by atoms with Gasteiger partial charge in [0.1, 0.15) is 5.82 Å². The van der Waals surface area contributed by atoms with Crippen molar-refractivity contribution in [2.24, 2.45) is 10.9 Å². The van der Waals surface area contributed by atoms with E-state index in [0.29, 0.717) is 16.0 Å². The Morgan fingerprint density at radius 3 is 2.86 bits per heavy atom. The quantitative estimate of drug-likeness (QED) is 0.351. The van der Waals surface area contributed by atoms with Crippen LogP contribution in [0.3, 0.4) is 0 Å². The second kappa shape index (κ2) is 5.69. The van der Waals surface area contributed by atoms with Crippen molar-refractivity contribution >= 4 is 33.2 Å². The summed E-state index contributed by atoms with van der Waals surface area (Å²) in [6.45, 7) is 3.49. The van der Waals surface area contributed by atoms with Gasteiger partial charge >= 0.3 is 0 Å². The third kappa shape index (κ3) is 2.97. The largest absolute Gasteiger partial charge is 0.409 e. The van der Waals surface area contributed by atoms with Gasteiger partial charge in [0.05, 0.1) is 10.4 Å². The highest BCUT2D eigenvalue weighted by Crippen LogP contribution is 2.26. The van der Waals surface area contributed by atoms with Crippen LogP contribution in [0.4, 0.5) is 4.39 Å². The number of nitrogens with one attached hydrogen (secondary N) is 1. The number of carbonyl (C=O) groups excluding carboxylic acids is 1. The van der Waals surface area contributed by atoms with E-state index in [4.69, 9.17) is 10.9 Å². The van der Waals surface area contributed by atoms with Crippen molar-refractivity contribution < 1.29 is 14.4 Å². The van der Waals surface area contributed by atoms with Crippen LogP contribution in [0.1, 0.15) is 29.9 Å². The van der Waals surface area contributed by atoms with Crippen LogP contribution in [0.25, 0.3) is 10.1 Å². The molecule has 1 aromatic heterocycles. The standard InChI is InChI=1S/C14H16FN3O2S/c1-3-14(2,13(16)18-20)17-12(19)11-6-8-4-5-9(15)7-10(8)21-11/h4-7,20H,3H2,1-2H3,(H2,16,18)(H,17,19). The molecule has 0 saturated heterocycles. The Hall–Kier alpha value is -2.15. The van der Waals surface area contributed by atoms with Crippen molar-refractivity contribution in [2.75, 3.05) is 0 Å². The first-order chi connectivity index (χ1) is 9.89. The van der Waals surface area contributed by atoms with E-state index >= 15 is 0 Å². The number of hydrogen-bond donors (Lipinski definition) is 3. The second-order valence-corrected chi connectivity index (χ2v) is 6.00. The summed E-state index contributed by atoms with van der Waals surface area (Å²) in [5, 5.41) is 15.3. The van der Waals surface area contributed by atoms with Gasteiger partial charge in [0, 0.05) is 4.70 Å². The maximum absolute atomic E-state index is 13.2. The van der Waals surface area contributed by atoms with Gasteiger partial charge in [0.15, 0.2) is 5.84 Å². The Morgan fingerprint density at radius 2 is 2.24 bits per heavy atom. The van der Waals surface area contributed by atoms with E-state index in [1.54, 1.807) is 19.1 Å². The number of rotatable bonds is 4.